The molecule has 0 aromatic rings. The van der Waals surface area contributed by atoms with E-state index in [1.165, 1.54) is 22.6 Å². The summed E-state index contributed by atoms with van der Waals surface area (Å²) in [6.07, 6.45) is -5.31. The molecule has 0 amide bonds. The summed E-state index contributed by atoms with van der Waals surface area (Å²) in [6.45, 7) is 1.55. The third kappa shape index (κ3) is 3.63. The molecule has 0 saturated carbocycles. The van der Waals surface area contributed by atoms with Crippen LogP contribution in [0.4, 0.5) is 30.7 Å². The molecule has 0 aromatic heterocycles. The van der Waals surface area contributed by atoms with E-state index in [9.17, 15) is 30.7 Å². The molecule has 0 aliphatic heterocycles. The lowest BCUT2D eigenvalue weighted by atomic mass is 9.96. The van der Waals surface area contributed by atoms with Gasteiger partial charge >= 0.3 is 17.8 Å². The summed E-state index contributed by atoms with van der Waals surface area (Å²) in [5, 5.41) is 0. The lowest BCUT2D eigenvalue weighted by molar-refractivity contribution is -0.325. The second-order valence-corrected chi connectivity index (χ2v) is 5.03. The predicted molar refractivity (Wildman–Crippen MR) is 62.8 cm³/mol. The van der Waals surface area contributed by atoms with E-state index in [-0.39, 0.29) is 6.42 Å². The van der Waals surface area contributed by atoms with Gasteiger partial charge in [-0.2, -0.15) is 26.3 Å². The molecule has 110 valence electrons. The minimum Gasteiger partial charge on any atom is -0.241 e. The zero-order valence-electron chi connectivity index (χ0n) is 9.64. The zero-order chi connectivity index (χ0) is 14.6. The van der Waals surface area contributed by atoms with Crippen molar-refractivity contribution >= 4 is 22.6 Å². The second kappa shape index (κ2) is 6.60. The van der Waals surface area contributed by atoms with Gasteiger partial charge in [-0.25, -0.2) is 4.39 Å². The molecular weight excluding hydrogens is 380 g/mol. The zero-order valence-corrected chi connectivity index (χ0v) is 11.8. The molecule has 18 heavy (non-hydrogen) atoms. The largest absolute Gasteiger partial charge is 0.374 e. The van der Waals surface area contributed by atoms with Gasteiger partial charge in [0, 0.05) is 10.8 Å². The van der Waals surface area contributed by atoms with Crippen molar-refractivity contribution in [2.45, 2.75) is 56.5 Å². The van der Waals surface area contributed by atoms with Gasteiger partial charge in [-0.05, 0) is 6.42 Å². The van der Waals surface area contributed by atoms with Crippen LogP contribution in [-0.4, -0.2) is 28.4 Å². The van der Waals surface area contributed by atoms with Gasteiger partial charge in [0.1, 0.15) is 0 Å². The summed E-state index contributed by atoms with van der Waals surface area (Å²) in [4.78, 5) is 0. The van der Waals surface area contributed by atoms with Crippen molar-refractivity contribution in [1.82, 2.24) is 0 Å². The Labute approximate surface area is 114 Å². The first-order chi connectivity index (χ1) is 8.04. The van der Waals surface area contributed by atoms with Gasteiger partial charge < -0.3 is 0 Å². The predicted octanol–water partition coefficient (Wildman–Crippen LogP) is 5.25. The molecule has 0 aliphatic carbocycles. The van der Waals surface area contributed by atoms with Crippen molar-refractivity contribution in [3.63, 3.8) is 0 Å². The van der Waals surface area contributed by atoms with Crippen molar-refractivity contribution < 1.29 is 30.7 Å². The molecule has 0 aromatic carbocycles. The first-order valence-electron chi connectivity index (χ1n) is 5.38. The van der Waals surface area contributed by atoms with Crippen molar-refractivity contribution in [2.75, 3.05) is 4.43 Å². The van der Waals surface area contributed by atoms with Crippen molar-refractivity contribution in [3.8, 4) is 0 Å². The molecule has 0 aliphatic rings. The number of halogens is 8. The number of unbranched alkanes of at least 4 members (excludes halogenated alkanes) is 1. The SMILES string of the molecule is CCCCC(F)C(F)(F)C(F)(F)C(F)(F)CCI. The summed E-state index contributed by atoms with van der Waals surface area (Å²) in [7, 11) is 0. The van der Waals surface area contributed by atoms with Gasteiger partial charge in [0.2, 0.25) is 0 Å². The molecule has 0 N–H and O–H groups in total. The molecule has 1 atom stereocenters. The molecule has 0 saturated heterocycles. The first-order valence-corrected chi connectivity index (χ1v) is 6.90. The Bertz CT molecular complexity index is 255. The normalized spacial score (nSPS) is 15.8. The number of hydrogen-bond donors (Lipinski definition) is 0. The number of rotatable bonds is 8. The van der Waals surface area contributed by atoms with Crippen LogP contribution in [0.3, 0.4) is 0 Å². The quantitative estimate of drug-likeness (QED) is 0.300. The van der Waals surface area contributed by atoms with Crippen LogP contribution in [0.2, 0.25) is 0 Å². The molecule has 0 bridgehead atoms. The monoisotopic (exact) mass is 394 g/mol. The van der Waals surface area contributed by atoms with E-state index in [4.69, 9.17) is 0 Å². The smallest absolute Gasteiger partial charge is 0.241 e. The van der Waals surface area contributed by atoms with E-state index in [0.717, 1.165) is 0 Å². The Morgan fingerprint density at radius 1 is 1.06 bits per heavy atom. The standard InChI is InChI=1S/C10H14F7I/c1-2-3-4-7(11)9(14,15)10(16,17)8(12,13)5-6-18/h7H,2-6H2,1H3. The summed E-state index contributed by atoms with van der Waals surface area (Å²) in [6, 6.07) is 0. The van der Waals surface area contributed by atoms with Crippen LogP contribution >= 0.6 is 22.6 Å². The van der Waals surface area contributed by atoms with Crippen molar-refractivity contribution in [2.24, 2.45) is 0 Å². The summed E-state index contributed by atoms with van der Waals surface area (Å²) >= 11 is 1.37. The Hall–Kier alpha value is 0.240. The maximum atomic E-state index is 13.1. The third-order valence-corrected chi connectivity index (χ3v) is 3.03. The molecule has 0 fully saturated rings. The number of alkyl halides is 8. The Morgan fingerprint density at radius 3 is 1.94 bits per heavy atom. The van der Waals surface area contributed by atoms with Gasteiger partial charge in [0.15, 0.2) is 6.17 Å². The molecule has 0 radical (unpaired) electrons. The van der Waals surface area contributed by atoms with E-state index in [0.29, 0.717) is 6.42 Å². The van der Waals surface area contributed by atoms with Gasteiger partial charge in [0.05, 0.1) is 0 Å². The summed E-state index contributed by atoms with van der Waals surface area (Å²) < 4.78 is 91.1. The average Bonchev–Trinajstić information content (AvgIpc) is 2.25. The molecule has 0 heterocycles. The fourth-order valence-corrected chi connectivity index (χ4v) is 1.96. The van der Waals surface area contributed by atoms with Crippen LogP contribution in [0, 0.1) is 0 Å². The third-order valence-electron chi connectivity index (χ3n) is 2.49. The molecular formula is C10H14F7I. The van der Waals surface area contributed by atoms with E-state index in [1.807, 2.05) is 0 Å². The second-order valence-electron chi connectivity index (χ2n) is 3.95. The molecule has 0 spiro atoms. The lowest BCUT2D eigenvalue weighted by Crippen LogP contribution is -2.58. The Morgan fingerprint density at radius 2 is 1.56 bits per heavy atom. The van der Waals surface area contributed by atoms with Crippen LogP contribution in [0.1, 0.15) is 32.6 Å². The molecule has 0 rings (SSSR count). The van der Waals surface area contributed by atoms with E-state index in [2.05, 4.69) is 0 Å². The first kappa shape index (κ1) is 18.2. The minimum absolute atomic E-state index is 0.0648. The van der Waals surface area contributed by atoms with E-state index in [1.54, 1.807) is 6.92 Å². The van der Waals surface area contributed by atoms with E-state index < -0.39 is 41.2 Å². The maximum absolute atomic E-state index is 13.1. The fraction of sp³-hybridized carbons (Fsp3) is 1.00. The highest BCUT2D eigenvalue weighted by atomic mass is 127. The fourth-order valence-electron chi connectivity index (χ4n) is 1.28. The molecule has 8 heteroatoms. The topological polar surface area (TPSA) is 0 Å². The minimum atomic E-state index is -5.68. The van der Waals surface area contributed by atoms with Crippen LogP contribution in [-0.2, 0) is 0 Å². The van der Waals surface area contributed by atoms with Gasteiger partial charge in [-0.3, -0.25) is 0 Å². The highest BCUT2D eigenvalue weighted by Gasteiger charge is 2.73. The molecule has 0 nitrogen and oxygen atoms in total. The Kier molecular flexibility index (Phi) is 6.69. The average molecular weight is 394 g/mol. The molecule has 1 unspecified atom stereocenters. The van der Waals surface area contributed by atoms with Crippen LogP contribution in [0.15, 0.2) is 0 Å². The highest BCUT2D eigenvalue weighted by molar-refractivity contribution is 14.1. The lowest BCUT2D eigenvalue weighted by Gasteiger charge is -2.34. The maximum Gasteiger partial charge on any atom is 0.374 e. The van der Waals surface area contributed by atoms with Gasteiger partial charge in [-0.15, -0.1) is 0 Å². The summed E-state index contributed by atoms with van der Waals surface area (Å²) in [5.74, 6) is -16.0. The van der Waals surface area contributed by atoms with Gasteiger partial charge in [0.25, 0.3) is 0 Å². The summed E-state index contributed by atoms with van der Waals surface area (Å²) in [5.41, 5.74) is 0. The van der Waals surface area contributed by atoms with Crippen LogP contribution in [0.25, 0.3) is 0 Å². The van der Waals surface area contributed by atoms with Crippen LogP contribution in [0.5, 0.6) is 0 Å². The van der Waals surface area contributed by atoms with E-state index >= 15 is 0 Å². The van der Waals surface area contributed by atoms with Crippen molar-refractivity contribution in [1.29, 1.82) is 0 Å². The number of hydrogen-bond acceptors (Lipinski definition) is 0. The van der Waals surface area contributed by atoms with Gasteiger partial charge in [-0.1, -0.05) is 42.4 Å². The van der Waals surface area contributed by atoms with Crippen LogP contribution < -0.4 is 0 Å². The highest BCUT2D eigenvalue weighted by Crippen LogP contribution is 2.50. The Balaban J connectivity index is 5.05. The van der Waals surface area contributed by atoms with Crippen molar-refractivity contribution in [3.05, 3.63) is 0 Å².